The molecule has 0 aromatic heterocycles. The molecule has 1 aromatic carbocycles. The van der Waals surface area contributed by atoms with E-state index in [1.807, 2.05) is 0 Å². The highest BCUT2D eigenvalue weighted by Crippen LogP contribution is 2.28. The van der Waals surface area contributed by atoms with Gasteiger partial charge in [-0.05, 0) is 24.6 Å². The van der Waals surface area contributed by atoms with Gasteiger partial charge in [-0.3, -0.25) is 0 Å². The number of hydrogen-bond donors (Lipinski definition) is 0. The first-order valence-electron chi connectivity index (χ1n) is 6.34. The molecule has 0 saturated heterocycles. The second-order valence-corrected chi connectivity index (χ2v) is 7.06. The predicted octanol–water partition coefficient (Wildman–Crippen LogP) is 3.26. The molecule has 120 valence electrons. The number of ether oxygens (including phenoxy) is 1. The molecule has 0 heterocycles. The standard InChI is InChI=1S/C13H18Cl2FNO3S/c1-4-17(9(2)8-20-3)21(18,19)11-5-10(7-14)13(15)12(16)6-11/h5-6,9H,4,7-8H2,1-3H3. The molecule has 1 rings (SSSR count). The number of nitrogens with zero attached hydrogens (tertiary/aromatic N) is 1. The minimum absolute atomic E-state index is 0.0706. The second kappa shape index (κ2) is 7.74. The number of likely N-dealkylation sites (N-methyl/N-ethyl adjacent to an activating group) is 1. The van der Waals surface area contributed by atoms with Crippen LogP contribution in [-0.4, -0.2) is 39.0 Å². The van der Waals surface area contributed by atoms with E-state index in [2.05, 4.69) is 0 Å². The Bertz CT molecular complexity index is 595. The summed E-state index contributed by atoms with van der Waals surface area (Å²) in [5.74, 6) is -0.873. The van der Waals surface area contributed by atoms with Gasteiger partial charge in [0.25, 0.3) is 0 Å². The van der Waals surface area contributed by atoms with E-state index in [0.717, 1.165) is 6.07 Å². The molecule has 1 unspecified atom stereocenters. The summed E-state index contributed by atoms with van der Waals surface area (Å²) < 4.78 is 45.3. The lowest BCUT2D eigenvalue weighted by Gasteiger charge is -2.27. The van der Waals surface area contributed by atoms with Gasteiger partial charge in [-0.15, -0.1) is 11.6 Å². The van der Waals surface area contributed by atoms with Crippen LogP contribution in [0.4, 0.5) is 4.39 Å². The number of sulfonamides is 1. The fraction of sp³-hybridized carbons (Fsp3) is 0.538. The smallest absolute Gasteiger partial charge is 0.243 e. The van der Waals surface area contributed by atoms with Gasteiger partial charge in [0.2, 0.25) is 10.0 Å². The molecule has 21 heavy (non-hydrogen) atoms. The molecule has 0 spiro atoms. The fourth-order valence-electron chi connectivity index (χ4n) is 2.04. The van der Waals surface area contributed by atoms with Crippen molar-refractivity contribution >= 4 is 33.2 Å². The largest absolute Gasteiger partial charge is 0.383 e. The molecule has 0 bridgehead atoms. The minimum atomic E-state index is -3.85. The number of halogens is 3. The van der Waals surface area contributed by atoms with Gasteiger partial charge >= 0.3 is 0 Å². The highest BCUT2D eigenvalue weighted by atomic mass is 35.5. The molecule has 0 amide bonds. The average molecular weight is 358 g/mol. The number of methoxy groups -OCH3 is 1. The second-order valence-electron chi connectivity index (χ2n) is 4.52. The zero-order valence-corrected chi connectivity index (χ0v) is 14.4. The van der Waals surface area contributed by atoms with Crippen molar-refractivity contribution < 1.29 is 17.5 Å². The number of alkyl halides is 1. The van der Waals surface area contributed by atoms with E-state index in [4.69, 9.17) is 27.9 Å². The van der Waals surface area contributed by atoms with E-state index in [1.54, 1.807) is 13.8 Å². The Morgan fingerprint density at radius 2 is 2.05 bits per heavy atom. The number of hydrogen-bond acceptors (Lipinski definition) is 3. The number of benzene rings is 1. The summed E-state index contributed by atoms with van der Waals surface area (Å²) in [7, 11) is -2.36. The fourth-order valence-corrected chi connectivity index (χ4v) is 4.19. The van der Waals surface area contributed by atoms with Crippen molar-refractivity contribution in [1.29, 1.82) is 0 Å². The van der Waals surface area contributed by atoms with E-state index >= 15 is 0 Å². The summed E-state index contributed by atoms with van der Waals surface area (Å²) in [6, 6.07) is 1.84. The average Bonchev–Trinajstić information content (AvgIpc) is 2.42. The van der Waals surface area contributed by atoms with Gasteiger partial charge in [-0.2, -0.15) is 4.31 Å². The van der Waals surface area contributed by atoms with E-state index in [-0.39, 0.29) is 40.6 Å². The van der Waals surface area contributed by atoms with Crippen molar-refractivity contribution in [1.82, 2.24) is 4.31 Å². The first kappa shape index (κ1) is 18.6. The molecule has 1 aromatic rings. The third kappa shape index (κ3) is 4.07. The summed E-state index contributed by atoms with van der Waals surface area (Å²) >= 11 is 11.4. The van der Waals surface area contributed by atoms with Gasteiger partial charge in [0, 0.05) is 25.6 Å². The lowest BCUT2D eigenvalue weighted by Crippen LogP contribution is -2.40. The Morgan fingerprint density at radius 3 is 2.52 bits per heavy atom. The highest BCUT2D eigenvalue weighted by Gasteiger charge is 2.29. The van der Waals surface area contributed by atoms with Crippen molar-refractivity contribution in [3.63, 3.8) is 0 Å². The zero-order chi connectivity index (χ0) is 16.2. The van der Waals surface area contributed by atoms with Crippen LogP contribution in [-0.2, 0) is 20.6 Å². The highest BCUT2D eigenvalue weighted by molar-refractivity contribution is 7.89. The van der Waals surface area contributed by atoms with Gasteiger partial charge in [-0.25, -0.2) is 12.8 Å². The Morgan fingerprint density at radius 1 is 1.43 bits per heavy atom. The minimum Gasteiger partial charge on any atom is -0.383 e. The van der Waals surface area contributed by atoms with Crippen molar-refractivity contribution in [3.05, 3.63) is 28.5 Å². The van der Waals surface area contributed by atoms with Crippen LogP contribution in [0.15, 0.2) is 17.0 Å². The molecule has 0 saturated carbocycles. The Hall–Kier alpha value is -0.400. The van der Waals surface area contributed by atoms with E-state index < -0.39 is 15.8 Å². The molecule has 0 aliphatic rings. The molecule has 0 aliphatic carbocycles. The molecule has 8 heteroatoms. The first-order valence-corrected chi connectivity index (χ1v) is 8.69. The Balaban J connectivity index is 3.32. The van der Waals surface area contributed by atoms with E-state index in [0.29, 0.717) is 0 Å². The molecular weight excluding hydrogens is 340 g/mol. The van der Waals surface area contributed by atoms with Crippen LogP contribution >= 0.6 is 23.2 Å². The van der Waals surface area contributed by atoms with E-state index in [9.17, 15) is 12.8 Å². The lowest BCUT2D eigenvalue weighted by atomic mass is 10.2. The quantitative estimate of drug-likeness (QED) is 0.703. The Kier molecular flexibility index (Phi) is 6.87. The van der Waals surface area contributed by atoms with Crippen LogP contribution in [0.25, 0.3) is 0 Å². The summed E-state index contributed by atoms with van der Waals surface area (Å²) in [6.45, 7) is 3.91. The Labute approximate surface area is 134 Å². The maximum Gasteiger partial charge on any atom is 0.243 e. The normalized spacial score (nSPS) is 13.7. The van der Waals surface area contributed by atoms with Crippen molar-refractivity contribution in [2.75, 3.05) is 20.3 Å². The van der Waals surface area contributed by atoms with Gasteiger partial charge in [-0.1, -0.05) is 18.5 Å². The van der Waals surface area contributed by atoms with Gasteiger partial charge in [0.1, 0.15) is 5.82 Å². The summed E-state index contributed by atoms with van der Waals surface area (Å²) in [5.41, 5.74) is 0.243. The first-order chi connectivity index (χ1) is 9.79. The van der Waals surface area contributed by atoms with Crippen LogP contribution in [0.1, 0.15) is 19.4 Å². The molecule has 4 nitrogen and oxygen atoms in total. The number of rotatable bonds is 7. The summed E-state index contributed by atoms with van der Waals surface area (Å²) in [6.07, 6.45) is 0. The maximum absolute atomic E-state index is 13.8. The third-order valence-electron chi connectivity index (χ3n) is 3.04. The van der Waals surface area contributed by atoms with Crippen molar-refractivity contribution in [2.24, 2.45) is 0 Å². The van der Waals surface area contributed by atoms with Crippen LogP contribution in [0, 0.1) is 5.82 Å². The molecule has 1 atom stereocenters. The van der Waals surface area contributed by atoms with Crippen LogP contribution in [0.2, 0.25) is 5.02 Å². The van der Waals surface area contributed by atoms with Gasteiger partial charge in [0.05, 0.1) is 16.5 Å². The zero-order valence-electron chi connectivity index (χ0n) is 12.1. The molecule has 0 N–H and O–H groups in total. The summed E-state index contributed by atoms with van der Waals surface area (Å²) in [5, 5.41) is -0.156. The lowest BCUT2D eigenvalue weighted by molar-refractivity contribution is 0.142. The molecular formula is C13H18Cl2FNO3S. The van der Waals surface area contributed by atoms with Crippen molar-refractivity contribution in [2.45, 2.75) is 30.7 Å². The van der Waals surface area contributed by atoms with Gasteiger partial charge < -0.3 is 4.74 Å². The van der Waals surface area contributed by atoms with Crippen molar-refractivity contribution in [3.8, 4) is 0 Å². The monoisotopic (exact) mass is 357 g/mol. The van der Waals surface area contributed by atoms with Gasteiger partial charge in [0.15, 0.2) is 0 Å². The molecule has 0 aliphatic heterocycles. The summed E-state index contributed by atoms with van der Waals surface area (Å²) in [4.78, 5) is -0.162. The van der Waals surface area contributed by atoms with E-state index in [1.165, 1.54) is 17.5 Å². The maximum atomic E-state index is 13.8. The molecule has 0 radical (unpaired) electrons. The predicted molar refractivity (Wildman–Crippen MR) is 81.9 cm³/mol. The molecule has 0 fully saturated rings. The van der Waals surface area contributed by atoms with Crippen LogP contribution in [0.3, 0.4) is 0 Å². The topological polar surface area (TPSA) is 46.6 Å². The third-order valence-corrected chi connectivity index (χ3v) is 5.82. The van der Waals surface area contributed by atoms with Crippen LogP contribution in [0.5, 0.6) is 0 Å². The van der Waals surface area contributed by atoms with Crippen LogP contribution < -0.4 is 0 Å². The SMILES string of the molecule is CCN(C(C)COC)S(=O)(=O)c1cc(F)c(Cl)c(CCl)c1.